The topological polar surface area (TPSA) is 21.3 Å². The van der Waals surface area contributed by atoms with Gasteiger partial charge in [-0.3, -0.25) is 0 Å². The maximum atomic E-state index is 5.56. The molecule has 2 nitrogen and oxygen atoms in total. The minimum Gasteiger partial charge on any atom is -0.494 e. The van der Waals surface area contributed by atoms with Crippen LogP contribution in [-0.4, -0.2) is 6.61 Å². The van der Waals surface area contributed by atoms with E-state index in [1.54, 1.807) is 11.3 Å². The summed E-state index contributed by atoms with van der Waals surface area (Å²) in [5.74, 6) is 0.936. The van der Waals surface area contributed by atoms with Crippen molar-refractivity contribution in [3.05, 3.63) is 46.7 Å². The summed E-state index contributed by atoms with van der Waals surface area (Å²) in [6, 6.07) is 12.7. The number of hydrogen-bond acceptors (Lipinski definition) is 3. The standard InChI is InChI=1S/C15H19NOS/c1-3-10-17-14-8-6-13(7-9-14)16-12(2)15-5-4-11-18-15/h4-9,11-12,16H,3,10H2,1-2H3. The largest absolute Gasteiger partial charge is 0.494 e. The minimum atomic E-state index is 0.340. The number of benzene rings is 1. The molecule has 0 saturated heterocycles. The summed E-state index contributed by atoms with van der Waals surface area (Å²) >= 11 is 1.78. The molecule has 1 aromatic heterocycles. The fraction of sp³-hybridized carbons (Fsp3) is 0.333. The molecule has 1 aromatic carbocycles. The second-order valence-electron chi connectivity index (χ2n) is 4.25. The maximum absolute atomic E-state index is 5.56. The number of ether oxygens (including phenoxy) is 1. The van der Waals surface area contributed by atoms with E-state index in [1.807, 2.05) is 12.1 Å². The second-order valence-corrected chi connectivity index (χ2v) is 5.23. The summed E-state index contributed by atoms with van der Waals surface area (Å²) in [4.78, 5) is 1.35. The third kappa shape index (κ3) is 3.50. The predicted octanol–water partition coefficient (Wildman–Crippen LogP) is 4.71. The summed E-state index contributed by atoms with van der Waals surface area (Å²) in [6.07, 6.45) is 1.04. The van der Waals surface area contributed by atoms with Gasteiger partial charge in [0, 0.05) is 10.6 Å². The molecule has 1 atom stereocenters. The first-order chi connectivity index (χ1) is 8.79. The van der Waals surface area contributed by atoms with Gasteiger partial charge in [0.05, 0.1) is 12.6 Å². The molecule has 2 aromatic rings. The monoisotopic (exact) mass is 261 g/mol. The molecule has 0 aliphatic carbocycles. The van der Waals surface area contributed by atoms with Crippen molar-refractivity contribution in [1.29, 1.82) is 0 Å². The van der Waals surface area contributed by atoms with Crippen LogP contribution in [0.4, 0.5) is 5.69 Å². The van der Waals surface area contributed by atoms with E-state index in [4.69, 9.17) is 4.74 Å². The van der Waals surface area contributed by atoms with E-state index in [2.05, 4.69) is 48.8 Å². The van der Waals surface area contributed by atoms with Gasteiger partial charge in [0.25, 0.3) is 0 Å². The van der Waals surface area contributed by atoms with Crippen molar-refractivity contribution in [3.8, 4) is 5.75 Å². The summed E-state index contributed by atoms with van der Waals surface area (Å²) in [5.41, 5.74) is 1.12. The van der Waals surface area contributed by atoms with Crippen molar-refractivity contribution in [2.45, 2.75) is 26.3 Å². The van der Waals surface area contributed by atoms with Crippen LogP contribution in [0.5, 0.6) is 5.75 Å². The lowest BCUT2D eigenvalue weighted by Gasteiger charge is -2.14. The van der Waals surface area contributed by atoms with Gasteiger partial charge in [0.2, 0.25) is 0 Å². The number of anilines is 1. The van der Waals surface area contributed by atoms with Crippen LogP contribution in [0.3, 0.4) is 0 Å². The van der Waals surface area contributed by atoms with Gasteiger partial charge < -0.3 is 10.1 Å². The van der Waals surface area contributed by atoms with Crippen molar-refractivity contribution in [2.24, 2.45) is 0 Å². The Labute approximate surface area is 113 Å². The number of thiophene rings is 1. The van der Waals surface area contributed by atoms with E-state index in [0.29, 0.717) is 6.04 Å². The molecule has 18 heavy (non-hydrogen) atoms. The number of nitrogens with one attached hydrogen (secondary N) is 1. The highest BCUT2D eigenvalue weighted by Crippen LogP contribution is 2.24. The summed E-state index contributed by atoms with van der Waals surface area (Å²) < 4.78 is 5.56. The van der Waals surface area contributed by atoms with E-state index in [-0.39, 0.29) is 0 Å². The van der Waals surface area contributed by atoms with Crippen LogP contribution in [0.25, 0.3) is 0 Å². The van der Waals surface area contributed by atoms with E-state index in [1.165, 1.54) is 4.88 Å². The Balaban J connectivity index is 1.93. The molecular weight excluding hydrogens is 242 g/mol. The van der Waals surface area contributed by atoms with Crippen molar-refractivity contribution in [1.82, 2.24) is 0 Å². The van der Waals surface area contributed by atoms with Crippen LogP contribution in [0.1, 0.15) is 31.2 Å². The summed E-state index contributed by atoms with van der Waals surface area (Å²) in [5, 5.41) is 5.59. The molecule has 0 aliphatic heterocycles. The van der Waals surface area contributed by atoms with E-state index < -0.39 is 0 Å². The fourth-order valence-electron chi connectivity index (χ4n) is 1.73. The van der Waals surface area contributed by atoms with Crippen LogP contribution in [0.2, 0.25) is 0 Å². The quantitative estimate of drug-likeness (QED) is 0.813. The van der Waals surface area contributed by atoms with Crippen molar-refractivity contribution in [2.75, 3.05) is 11.9 Å². The first kappa shape index (κ1) is 13.0. The van der Waals surface area contributed by atoms with Gasteiger partial charge in [-0.1, -0.05) is 13.0 Å². The Hall–Kier alpha value is -1.48. The molecule has 1 unspecified atom stereocenters. The molecule has 0 radical (unpaired) electrons. The zero-order valence-electron chi connectivity index (χ0n) is 10.8. The molecule has 2 rings (SSSR count). The molecule has 0 fully saturated rings. The third-order valence-electron chi connectivity index (χ3n) is 2.68. The number of rotatable bonds is 6. The van der Waals surface area contributed by atoms with Crippen LogP contribution in [0.15, 0.2) is 41.8 Å². The smallest absolute Gasteiger partial charge is 0.119 e. The highest BCUT2D eigenvalue weighted by atomic mass is 32.1. The van der Waals surface area contributed by atoms with Gasteiger partial charge in [-0.15, -0.1) is 11.3 Å². The second kappa shape index (κ2) is 6.45. The van der Waals surface area contributed by atoms with Gasteiger partial charge in [-0.05, 0) is 49.1 Å². The van der Waals surface area contributed by atoms with Gasteiger partial charge in [0.15, 0.2) is 0 Å². The normalized spacial score (nSPS) is 12.1. The SMILES string of the molecule is CCCOc1ccc(NC(C)c2cccs2)cc1. The summed E-state index contributed by atoms with van der Waals surface area (Å²) in [7, 11) is 0. The molecule has 0 bridgehead atoms. The van der Waals surface area contributed by atoms with Gasteiger partial charge in [-0.25, -0.2) is 0 Å². The Morgan fingerprint density at radius 3 is 2.61 bits per heavy atom. The van der Waals surface area contributed by atoms with Gasteiger partial charge in [-0.2, -0.15) is 0 Å². The van der Waals surface area contributed by atoms with Crippen molar-refractivity contribution >= 4 is 17.0 Å². The zero-order valence-corrected chi connectivity index (χ0v) is 11.7. The number of hydrogen-bond donors (Lipinski definition) is 1. The Kier molecular flexibility index (Phi) is 4.65. The zero-order chi connectivity index (χ0) is 12.8. The van der Waals surface area contributed by atoms with Crippen molar-refractivity contribution in [3.63, 3.8) is 0 Å². The average Bonchev–Trinajstić information content (AvgIpc) is 2.92. The highest BCUT2D eigenvalue weighted by Gasteiger charge is 2.05. The molecule has 3 heteroatoms. The predicted molar refractivity (Wildman–Crippen MR) is 78.6 cm³/mol. The van der Waals surface area contributed by atoms with Crippen LogP contribution in [-0.2, 0) is 0 Å². The highest BCUT2D eigenvalue weighted by molar-refractivity contribution is 7.10. The Morgan fingerprint density at radius 2 is 2.00 bits per heavy atom. The molecule has 0 aliphatic rings. The van der Waals surface area contributed by atoms with E-state index >= 15 is 0 Å². The third-order valence-corrected chi connectivity index (χ3v) is 3.74. The van der Waals surface area contributed by atoms with E-state index in [9.17, 15) is 0 Å². The van der Waals surface area contributed by atoms with Gasteiger partial charge >= 0.3 is 0 Å². The molecule has 1 heterocycles. The Morgan fingerprint density at radius 1 is 1.22 bits per heavy atom. The van der Waals surface area contributed by atoms with Gasteiger partial charge in [0.1, 0.15) is 5.75 Å². The molecule has 0 amide bonds. The van der Waals surface area contributed by atoms with Crippen molar-refractivity contribution < 1.29 is 4.74 Å². The average molecular weight is 261 g/mol. The lowest BCUT2D eigenvalue weighted by Crippen LogP contribution is -2.04. The lowest BCUT2D eigenvalue weighted by molar-refractivity contribution is 0.317. The minimum absolute atomic E-state index is 0.340. The molecular formula is C15H19NOS. The lowest BCUT2D eigenvalue weighted by atomic mass is 10.2. The fourth-order valence-corrected chi connectivity index (χ4v) is 2.46. The summed E-state index contributed by atoms with van der Waals surface area (Å²) in [6.45, 7) is 5.06. The van der Waals surface area contributed by atoms with Crippen LogP contribution in [0, 0.1) is 0 Å². The van der Waals surface area contributed by atoms with E-state index in [0.717, 1.165) is 24.5 Å². The first-order valence-electron chi connectivity index (χ1n) is 6.32. The molecule has 0 spiro atoms. The molecule has 0 saturated carbocycles. The Bertz CT molecular complexity index is 450. The molecule has 1 N–H and O–H groups in total. The first-order valence-corrected chi connectivity index (χ1v) is 7.20. The van der Waals surface area contributed by atoms with Crippen LogP contribution >= 0.6 is 11.3 Å². The van der Waals surface area contributed by atoms with Crippen LogP contribution < -0.4 is 10.1 Å². The maximum Gasteiger partial charge on any atom is 0.119 e. The molecule has 96 valence electrons.